The first kappa shape index (κ1) is 11.5. The highest BCUT2D eigenvalue weighted by molar-refractivity contribution is 5.40. The van der Waals surface area contributed by atoms with Crippen molar-refractivity contribution in [1.82, 2.24) is 5.32 Å². The molecular weight excluding hydrogens is 198 g/mol. The van der Waals surface area contributed by atoms with Gasteiger partial charge in [-0.3, -0.25) is 0 Å². The van der Waals surface area contributed by atoms with E-state index >= 15 is 0 Å². The first-order chi connectivity index (χ1) is 7.85. The third kappa shape index (κ3) is 2.38. The quantitative estimate of drug-likeness (QED) is 0.840. The number of hydrogen-bond acceptors (Lipinski definition) is 2. The zero-order chi connectivity index (χ0) is 11.4. The summed E-state index contributed by atoms with van der Waals surface area (Å²) in [5.74, 6) is 1.04. The Hall–Kier alpha value is -1.02. The van der Waals surface area contributed by atoms with Crippen molar-refractivity contribution in [3.05, 3.63) is 29.3 Å². The second-order valence-electron chi connectivity index (χ2n) is 4.45. The summed E-state index contributed by atoms with van der Waals surface area (Å²) in [7, 11) is 1.76. The van der Waals surface area contributed by atoms with Crippen LogP contribution in [0.15, 0.2) is 18.2 Å². The summed E-state index contributed by atoms with van der Waals surface area (Å²) >= 11 is 0. The molecule has 0 amide bonds. The molecule has 0 bridgehead atoms. The van der Waals surface area contributed by atoms with Gasteiger partial charge in [0.1, 0.15) is 5.75 Å². The summed E-state index contributed by atoms with van der Waals surface area (Å²) in [4.78, 5) is 0. The topological polar surface area (TPSA) is 21.3 Å². The maximum absolute atomic E-state index is 5.42. The van der Waals surface area contributed by atoms with Gasteiger partial charge in [0.05, 0.1) is 7.11 Å². The minimum absolute atomic E-state index is 0.664. The highest BCUT2D eigenvalue weighted by atomic mass is 16.5. The highest BCUT2D eigenvalue weighted by Crippen LogP contribution is 2.25. The Balaban J connectivity index is 2.18. The van der Waals surface area contributed by atoms with Gasteiger partial charge in [-0.1, -0.05) is 19.1 Å². The van der Waals surface area contributed by atoms with E-state index in [0.717, 1.165) is 18.6 Å². The van der Waals surface area contributed by atoms with E-state index < -0.39 is 0 Å². The van der Waals surface area contributed by atoms with Crippen LogP contribution in [0.3, 0.4) is 0 Å². The van der Waals surface area contributed by atoms with Crippen molar-refractivity contribution >= 4 is 0 Å². The van der Waals surface area contributed by atoms with Gasteiger partial charge < -0.3 is 10.1 Å². The normalized spacial score (nSPS) is 20.0. The molecule has 1 atom stereocenters. The predicted octanol–water partition coefficient (Wildman–Crippen LogP) is 2.55. The van der Waals surface area contributed by atoms with E-state index in [4.69, 9.17) is 4.74 Å². The number of nitrogens with one attached hydrogen (secondary N) is 1. The standard InChI is InChI=1S/C14H21NO/c1-3-13-11(6-4-8-14(13)16-2)10-12-7-5-9-15-12/h4,6,8,12,15H,3,5,7,9-10H2,1-2H3. The fourth-order valence-electron chi connectivity index (χ4n) is 2.59. The third-order valence-electron chi connectivity index (χ3n) is 3.43. The summed E-state index contributed by atoms with van der Waals surface area (Å²) < 4.78 is 5.42. The summed E-state index contributed by atoms with van der Waals surface area (Å²) in [6.45, 7) is 3.37. The largest absolute Gasteiger partial charge is 0.496 e. The van der Waals surface area contributed by atoms with Gasteiger partial charge in [0.25, 0.3) is 0 Å². The van der Waals surface area contributed by atoms with Crippen LogP contribution in [0.4, 0.5) is 0 Å². The molecule has 0 saturated carbocycles. The van der Waals surface area contributed by atoms with E-state index in [2.05, 4.69) is 30.4 Å². The molecule has 1 aromatic rings. The van der Waals surface area contributed by atoms with Crippen LogP contribution in [0.1, 0.15) is 30.9 Å². The average molecular weight is 219 g/mol. The number of methoxy groups -OCH3 is 1. The van der Waals surface area contributed by atoms with E-state index in [1.165, 1.54) is 30.5 Å². The van der Waals surface area contributed by atoms with Crippen molar-refractivity contribution in [1.29, 1.82) is 0 Å². The Morgan fingerprint density at radius 2 is 2.31 bits per heavy atom. The van der Waals surface area contributed by atoms with E-state index in [9.17, 15) is 0 Å². The van der Waals surface area contributed by atoms with E-state index in [1.54, 1.807) is 7.11 Å². The molecule has 2 heteroatoms. The molecule has 1 unspecified atom stereocenters. The molecule has 1 heterocycles. The fraction of sp³-hybridized carbons (Fsp3) is 0.571. The maximum Gasteiger partial charge on any atom is 0.122 e. The first-order valence-electron chi connectivity index (χ1n) is 6.23. The van der Waals surface area contributed by atoms with Gasteiger partial charge >= 0.3 is 0 Å². The molecule has 0 aromatic heterocycles. The number of rotatable bonds is 4. The average Bonchev–Trinajstić information content (AvgIpc) is 2.81. The molecule has 1 aromatic carbocycles. The predicted molar refractivity (Wildman–Crippen MR) is 67.1 cm³/mol. The van der Waals surface area contributed by atoms with Crippen LogP contribution in [0.2, 0.25) is 0 Å². The second kappa shape index (κ2) is 5.35. The van der Waals surface area contributed by atoms with Crippen LogP contribution in [0, 0.1) is 0 Å². The molecular formula is C14H21NO. The molecule has 16 heavy (non-hydrogen) atoms. The lowest BCUT2D eigenvalue weighted by Gasteiger charge is -2.15. The van der Waals surface area contributed by atoms with Crippen LogP contribution in [0.25, 0.3) is 0 Å². The molecule has 2 rings (SSSR count). The van der Waals surface area contributed by atoms with E-state index in [-0.39, 0.29) is 0 Å². The van der Waals surface area contributed by atoms with Crippen LogP contribution >= 0.6 is 0 Å². The molecule has 0 spiro atoms. The fourth-order valence-corrected chi connectivity index (χ4v) is 2.59. The summed E-state index contributed by atoms with van der Waals surface area (Å²) in [6, 6.07) is 7.06. The van der Waals surface area contributed by atoms with Crippen molar-refractivity contribution in [2.24, 2.45) is 0 Å². The summed E-state index contributed by atoms with van der Waals surface area (Å²) in [6.07, 6.45) is 4.81. The molecule has 0 aliphatic carbocycles. The Kier molecular flexibility index (Phi) is 3.83. The Labute approximate surface area is 98.0 Å². The Morgan fingerprint density at radius 3 is 2.94 bits per heavy atom. The number of hydrogen-bond donors (Lipinski definition) is 1. The molecule has 2 nitrogen and oxygen atoms in total. The Morgan fingerprint density at radius 1 is 1.44 bits per heavy atom. The summed E-state index contributed by atoms with van der Waals surface area (Å²) in [5, 5.41) is 3.55. The van der Waals surface area contributed by atoms with Gasteiger partial charge in [-0.15, -0.1) is 0 Å². The molecule has 1 aliphatic heterocycles. The molecule has 1 N–H and O–H groups in total. The van der Waals surface area contributed by atoms with Crippen LogP contribution in [-0.2, 0) is 12.8 Å². The Bertz CT molecular complexity index is 343. The molecule has 0 radical (unpaired) electrons. The third-order valence-corrected chi connectivity index (χ3v) is 3.43. The summed E-state index contributed by atoms with van der Waals surface area (Å²) in [5.41, 5.74) is 2.82. The van der Waals surface area contributed by atoms with E-state index in [1.807, 2.05) is 0 Å². The zero-order valence-electron chi connectivity index (χ0n) is 10.3. The van der Waals surface area contributed by atoms with Crippen molar-refractivity contribution in [2.45, 2.75) is 38.6 Å². The second-order valence-corrected chi connectivity index (χ2v) is 4.45. The number of ether oxygens (including phenoxy) is 1. The highest BCUT2D eigenvalue weighted by Gasteiger charge is 2.16. The molecule has 1 aliphatic rings. The minimum Gasteiger partial charge on any atom is -0.496 e. The SMILES string of the molecule is CCc1c(CC2CCCN2)cccc1OC. The van der Waals surface area contributed by atoms with Gasteiger partial charge in [-0.2, -0.15) is 0 Å². The number of benzene rings is 1. The minimum atomic E-state index is 0.664. The molecule has 88 valence electrons. The van der Waals surface area contributed by atoms with Gasteiger partial charge in [0, 0.05) is 6.04 Å². The zero-order valence-corrected chi connectivity index (χ0v) is 10.3. The van der Waals surface area contributed by atoms with Crippen molar-refractivity contribution in [2.75, 3.05) is 13.7 Å². The smallest absolute Gasteiger partial charge is 0.122 e. The van der Waals surface area contributed by atoms with Gasteiger partial charge in [0.15, 0.2) is 0 Å². The van der Waals surface area contributed by atoms with Gasteiger partial charge in [-0.05, 0) is 49.4 Å². The maximum atomic E-state index is 5.42. The lowest BCUT2D eigenvalue weighted by molar-refractivity contribution is 0.409. The van der Waals surface area contributed by atoms with E-state index in [0.29, 0.717) is 6.04 Å². The van der Waals surface area contributed by atoms with Crippen molar-refractivity contribution in [3.63, 3.8) is 0 Å². The lowest BCUT2D eigenvalue weighted by Crippen LogP contribution is -2.24. The van der Waals surface area contributed by atoms with Gasteiger partial charge in [-0.25, -0.2) is 0 Å². The lowest BCUT2D eigenvalue weighted by atomic mass is 9.97. The van der Waals surface area contributed by atoms with Crippen LogP contribution < -0.4 is 10.1 Å². The molecule has 1 saturated heterocycles. The van der Waals surface area contributed by atoms with Gasteiger partial charge in [0.2, 0.25) is 0 Å². The molecule has 1 fully saturated rings. The van der Waals surface area contributed by atoms with Crippen LogP contribution in [-0.4, -0.2) is 19.7 Å². The van der Waals surface area contributed by atoms with Crippen molar-refractivity contribution < 1.29 is 4.74 Å². The first-order valence-corrected chi connectivity index (χ1v) is 6.23. The monoisotopic (exact) mass is 219 g/mol. The van der Waals surface area contributed by atoms with Crippen molar-refractivity contribution in [3.8, 4) is 5.75 Å². The van der Waals surface area contributed by atoms with Crippen LogP contribution in [0.5, 0.6) is 5.75 Å².